The highest BCUT2D eigenvalue weighted by atomic mass is 16.2. The maximum atomic E-state index is 11.7. The van der Waals surface area contributed by atoms with Crippen molar-refractivity contribution >= 4 is 5.91 Å². The van der Waals surface area contributed by atoms with Gasteiger partial charge in [0.25, 0.3) is 0 Å². The lowest BCUT2D eigenvalue weighted by Crippen LogP contribution is -2.27. The minimum Gasteiger partial charge on any atom is -0.351 e. The van der Waals surface area contributed by atoms with Crippen LogP contribution in [0.4, 0.5) is 0 Å². The molecule has 2 rings (SSSR count). The smallest absolute Gasteiger partial charge is 0.231 e. The predicted molar refractivity (Wildman–Crippen MR) is 50.5 cm³/mol. The zero-order valence-electron chi connectivity index (χ0n) is 8.03. The number of amides is 1. The molecule has 1 aromatic heterocycles. The molecule has 1 aliphatic rings. The second-order valence-electron chi connectivity index (χ2n) is 3.70. The molecule has 0 aliphatic carbocycles. The van der Waals surface area contributed by atoms with Crippen molar-refractivity contribution in [2.75, 3.05) is 14.1 Å². The summed E-state index contributed by atoms with van der Waals surface area (Å²) < 4.78 is 2.16. The summed E-state index contributed by atoms with van der Waals surface area (Å²) in [5, 5.41) is 0. The lowest BCUT2D eigenvalue weighted by atomic mass is 10.0. The number of fused-ring (bicyclic) bond motifs is 1. The Balaban J connectivity index is 2.25. The maximum Gasteiger partial charge on any atom is 0.231 e. The van der Waals surface area contributed by atoms with Gasteiger partial charge in [0.2, 0.25) is 5.91 Å². The summed E-state index contributed by atoms with van der Waals surface area (Å²) in [6.45, 7) is 0.979. The Hall–Kier alpha value is -1.25. The van der Waals surface area contributed by atoms with Gasteiger partial charge in [0.05, 0.1) is 5.92 Å². The van der Waals surface area contributed by atoms with Gasteiger partial charge >= 0.3 is 0 Å². The number of rotatable bonds is 1. The minimum absolute atomic E-state index is 0.0880. The van der Waals surface area contributed by atoms with Crippen LogP contribution in [0.2, 0.25) is 0 Å². The maximum absolute atomic E-state index is 11.7. The Morgan fingerprint density at radius 3 is 3.08 bits per heavy atom. The fraction of sp³-hybridized carbons (Fsp3) is 0.500. The van der Waals surface area contributed by atoms with Crippen molar-refractivity contribution in [1.29, 1.82) is 0 Å². The third-order valence-corrected chi connectivity index (χ3v) is 2.62. The Bertz CT molecular complexity index is 327. The van der Waals surface area contributed by atoms with Gasteiger partial charge in [-0.2, -0.15) is 0 Å². The van der Waals surface area contributed by atoms with E-state index in [0.29, 0.717) is 0 Å². The van der Waals surface area contributed by atoms with Gasteiger partial charge in [-0.25, -0.2) is 0 Å². The molecule has 0 saturated heterocycles. The molecule has 2 heterocycles. The Kier molecular flexibility index (Phi) is 1.87. The molecule has 3 nitrogen and oxygen atoms in total. The molecule has 0 bridgehead atoms. The van der Waals surface area contributed by atoms with E-state index in [9.17, 15) is 4.79 Å². The second-order valence-corrected chi connectivity index (χ2v) is 3.70. The molecule has 1 atom stereocenters. The Morgan fingerprint density at radius 1 is 1.62 bits per heavy atom. The Morgan fingerprint density at radius 2 is 2.38 bits per heavy atom. The normalized spacial score (nSPS) is 20.0. The summed E-state index contributed by atoms with van der Waals surface area (Å²) in [5.74, 6) is 0.308. The van der Waals surface area contributed by atoms with Crippen LogP contribution in [-0.4, -0.2) is 29.5 Å². The van der Waals surface area contributed by atoms with E-state index in [2.05, 4.69) is 4.57 Å². The number of carbonyl (C=O) groups is 1. The van der Waals surface area contributed by atoms with Crippen molar-refractivity contribution in [3.05, 3.63) is 24.0 Å². The van der Waals surface area contributed by atoms with Crippen molar-refractivity contribution in [3.63, 3.8) is 0 Å². The van der Waals surface area contributed by atoms with Gasteiger partial charge in [-0.15, -0.1) is 0 Å². The summed E-state index contributed by atoms with van der Waals surface area (Å²) in [4.78, 5) is 13.4. The van der Waals surface area contributed by atoms with Crippen molar-refractivity contribution in [2.45, 2.75) is 18.9 Å². The monoisotopic (exact) mass is 178 g/mol. The van der Waals surface area contributed by atoms with Crippen LogP contribution < -0.4 is 0 Å². The number of aromatic nitrogens is 1. The Labute approximate surface area is 78.0 Å². The van der Waals surface area contributed by atoms with Gasteiger partial charge in [-0.05, 0) is 18.6 Å². The van der Waals surface area contributed by atoms with Crippen LogP contribution in [0.25, 0.3) is 0 Å². The number of carbonyl (C=O) groups excluding carboxylic acids is 1. The average molecular weight is 178 g/mol. The van der Waals surface area contributed by atoms with Crippen molar-refractivity contribution in [1.82, 2.24) is 9.47 Å². The lowest BCUT2D eigenvalue weighted by Gasteiger charge is -2.15. The third-order valence-electron chi connectivity index (χ3n) is 2.62. The molecule has 13 heavy (non-hydrogen) atoms. The van der Waals surface area contributed by atoms with Gasteiger partial charge < -0.3 is 9.47 Å². The molecule has 0 N–H and O–H groups in total. The number of likely N-dealkylation sites (N-methyl/N-ethyl adjacent to an activating group) is 1. The molecule has 70 valence electrons. The molecule has 0 saturated carbocycles. The molecule has 0 spiro atoms. The summed E-state index contributed by atoms with van der Waals surface area (Å²) in [6.07, 6.45) is 2.99. The van der Waals surface area contributed by atoms with E-state index in [1.807, 2.05) is 32.4 Å². The molecule has 3 heteroatoms. The van der Waals surface area contributed by atoms with E-state index >= 15 is 0 Å². The van der Waals surface area contributed by atoms with Gasteiger partial charge in [0.15, 0.2) is 0 Å². The van der Waals surface area contributed by atoms with Crippen LogP contribution in [0.15, 0.2) is 18.3 Å². The third kappa shape index (κ3) is 1.24. The summed E-state index contributed by atoms with van der Waals surface area (Å²) in [7, 11) is 3.63. The SMILES string of the molecule is CN(C)C(=O)C1CCn2cccc21. The van der Waals surface area contributed by atoms with Crippen LogP contribution in [0.3, 0.4) is 0 Å². The quantitative estimate of drug-likeness (QED) is 0.631. The molecule has 1 amide bonds. The predicted octanol–water partition coefficient (Wildman–Crippen LogP) is 1.06. The molecular weight excluding hydrogens is 164 g/mol. The van der Waals surface area contributed by atoms with Crippen molar-refractivity contribution in [3.8, 4) is 0 Å². The van der Waals surface area contributed by atoms with Crippen LogP contribution in [0, 0.1) is 0 Å². The van der Waals surface area contributed by atoms with Gasteiger partial charge in [0, 0.05) is 32.5 Å². The fourth-order valence-corrected chi connectivity index (χ4v) is 1.92. The van der Waals surface area contributed by atoms with E-state index in [1.165, 1.54) is 5.69 Å². The first-order valence-corrected chi connectivity index (χ1v) is 4.56. The molecular formula is C10H14N2O. The molecule has 1 aliphatic heterocycles. The molecule has 1 aromatic rings. The molecule has 0 radical (unpaired) electrons. The average Bonchev–Trinajstić information content (AvgIpc) is 2.61. The van der Waals surface area contributed by atoms with E-state index in [4.69, 9.17) is 0 Å². The highest BCUT2D eigenvalue weighted by Crippen LogP contribution is 2.29. The summed E-state index contributed by atoms with van der Waals surface area (Å²) in [6, 6.07) is 4.05. The van der Waals surface area contributed by atoms with Gasteiger partial charge in [0.1, 0.15) is 0 Å². The molecule has 0 aromatic carbocycles. The zero-order chi connectivity index (χ0) is 9.42. The minimum atomic E-state index is 0.0880. The second kappa shape index (κ2) is 2.91. The molecule has 1 unspecified atom stereocenters. The van der Waals surface area contributed by atoms with Gasteiger partial charge in [-0.3, -0.25) is 4.79 Å². The highest BCUT2D eigenvalue weighted by molar-refractivity contribution is 5.83. The first-order valence-electron chi connectivity index (χ1n) is 4.56. The van der Waals surface area contributed by atoms with Crippen LogP contribution in [0.5, 0.6) is 0 Å². The topological polar surface area (TPSA) is 25.2 Å². The zero-order valence-corrected chi connectivity index (χ0v) is 8.03. The van der Waals surface area contributed by atoms with E-state index in [1.54, 1.807) is 4.90 Å². The first kappa shape index (κ1) is 8.35. The fourth-order valence-electron chi connectivity index (χ4n) is 1.92. The van der Waals surface area contributed by atoms with Crippen LogP contribution in [-0.2, 0) is 11.3 Å². The summed E-state index contributed by atoms with van der Waals surface area (Å²) in [5.41, 5.74) is 1.17. The van der Waals surface area contributed by atoms with Crippen LogP contribution >= 0.6 is 0 Å². The molecule has 0 fully saturated rings. The largest absolute Gasteiger partial charge is 0.351 e. The van der Waals surface area contributed by atoms with Crippen molar-refractivity contribution in [2.24, 2.45) is 0 Å². The first-order chi connectivity index (χ1) is 6.20. The highest BCUT2D eigenvalue weighted by Gasteiger charge is 2.29. The number of nitrogens with zero attached hydrogens (tertiary/aromatic N) is 2. The van der Waals surface area contributed by atoms with Crippen LogP contribution in [0.1, 0.15) is 18.0 Å². The number of hydrogen-bond acceptors (Lipinski definition) is 1. The van der Waals surface area contributed by atoms with E-state index < -0.39 is 0 Å². The van der Waals surface area contributed by atoms with Crippen molar-refractivity contribution < 1.29 is 4.79 Å². The van der Waals surface area contributed by atoms with E-state index in [-0.39, 0.29) is 11.8 Å². The number of hydrogen-bond donors (Lipinski definition) is 0. The lowest BCUT2D eigenvalue weighted by molar-refractivity contribution is -0.130. The van der Waals surface area contributed by atoms with Gasteiger partial charge in [-0.1, -0.05) is 0 Å². The number of aryl methyl sites for hydroxylation is 1. The summed E-state index contributed by atoms with van der Waals surface area (Å²) >= 11 is 0. The standard InChI is InChI=1S/C10H14N2O/c1-11(2)10(13)8-5-7-12-6-3-4-9(8)12/h3-4,6,8H,5,7H2,1-2H3. The van der Waals surface area contributed by atoms with E-state index in [0.717, 1.165) is 13.0 Å².